The molecule has 0 aliphatic carbocycles. The quantitative estimate of drug-likeness (QED) is 0.542. The van der Waals surface area contributed by atoms with Crippen LogP contribution in [-0.2, 0) is 4.79 Å². The van der Waals surface area contributed by atoms with Crippen molar-refractivity contribution < 1.29 is 4.79 Å². The van der Waals surface area contributed by atoms with E-state index in [0.29, 0.717) is 0 Å². The third kappa shape index (κ3) is 4.36. The fraction of sp³-hybridized carbons (Fsp3) is 0.333. The first-order valence-electron chi connectivity index (χ1n) is 5.21. The van der Waals surface area contributed by atoms with Gasteiger partial charge in [-0.25, -0.2) is 0 Å². The van der Waals surface area contributed by atoms with E-state index in [1.54, 1.807) is 0 Å². The molecule has 92 valence electrons. The Morgan fingerprint density at radius 1 is 1.29 bits per heavy atom. The number of thiol groups is 1. The van der Waals surface area contributed by atoms with Gasteiger partial charge >= 0.3 is 0 Å². The molecule has 3 nitrogen and oxygen atoms in total. The minimum absolute atomic E-state index is 0.119. The highest BCUT2D eigenvalue weighted by Crippen LogP contribution is 2.18. The number of benzene rings is 1. The topological polar surface area (TPSA) is 41.1 Å². The van der Waals surface area contributed by atoms with E-state index >= 15 is 0 Å². The molecule has 17 heavy (non-hydrogen) atoms. The van der Waals surface area contributed by atoms with Crippen LogP contribution in [-0.4, -0.2) is 11.0 Å². The number of amides is 1. The van der Waals surface area contributed by atoms with E-state index in [0.717, 1.165) is 10.6 Å². The van der Waals surface area contributed by atoms with Gasteiger partial charge in [-0.05, 0) is 24.4 Å². The molecule has 2 N–H and O–H groups in total. The molecule has 0 heterocycles. The van der Waals surface area contributed by atoms with Gasteiger partial charge in [0.1, 0.15) is 0 Å². The normalized spacial score (nSPS) is 10.8. The zero-order valence-electron chi connectivity index (χ0n) is 10.1. The largest absolute Gasteiger partial charge is 0.331 e. The van der Waals surface area contributed by atoms with Gasteiger partial charge in [0, 0.05) is 10.3 Å². The molecule has 0 radical (unpaired) electrons. The Kier molecular flexibility index (Phi) is 4.54. The molecule has 0 bridgehead atoms. The van der Waals surface area contributed by atoms with Crippen LogP contribution in [0.1, 0.15) is 20.8 Å². The summed E-state index contributed by atoms with van der Waals surface area (Å²) in [5, 5.41) is 5.86. The van der Waals surface area contributed by atoms with E-state index in [1.807, 2.05) is 45.0 Å². The lowest BCUT2D eigenvalue weighted by molar-refractivity contribution is -0.126. The van der Waals surface area contributed by atoms with Crippen LogP contribution < -0.4 is 10.6 Å². The van der Waals surface area contributed by atoms with Crippen molar-refractivity contribution in [2.24, 2.45) is 5.41 Å². The van der Waals surface area contributed by atoms with Crippen molar-refractivity contribution in [3.8, 4) is 0 Å². The molecule has 0 spiro atoms. The minimum Gasteiger partial charge on any atom is -0.331 e. The molecular weight excluding hydrogens is 252 g/mol. The number of hydrogen-bond donors (Lipinski definition) is 3. The van der Waals surface area contributed by atoms with Crippen molar-refractivity contribution in [3.63, 3.8) is 0 Å². The number of para-hydroxylation sites is 1. The second-order valence-electron chi connectivity index (χ2n) is 4.68. The lowest BCUT2D eigenvalue weighted by Crippen LogP contribution is -2.41. The maximum Gasteiger partial charge on any atom is 0.231 e. The summed E-state index contributed by atoms with van der Waals surface area (Å²) in [6.07, 6.45) is 0. The zero-order chi connectivity index (χ0) is 13.1. The fourth-order valence-corrected chi connectivity index (χ4v) is 1.44. The van der Waals surface area contributed by atoms with E-state index in [1.165, 1.54) is 0 Å². The molecule has 5 heteroatoms. The summed E-state index contributed by atoms with van der Waals surface area (Å²) < 4.78 is 0. The monoisotopic (exact) mass is 268 g/mol. The molecular formula is C12H16N2OS2. The lowest BCUT2D eigenvalue weighted by atomic mass is 9.96. The number of carbonyl (C=O) groups excluding carboxylic acids is 1. The summed E-state index contributed by atoms with van der Waals surface area (Å²) in [5.74, 6) is -0.119. The molecule has 0 saturated carbocycles. The lowest BCUT2D eigenvalue weighted by Gasteiger charge is -2.18. The summed E-state index contributed by atoms with van der Waals surface area (Å²) in [5.41, 5.74) is 0.307. The van der Waals surface area contributed by atoms with Crippen LogP contribution in [0.3, 0.4) is 0 Å². The molecule has 1 aromatic carbocycles. The van der Waals surface area contributed by atoms with Gasteiger partial charge in [-0.2, -0.15) is 0 Å². The highest BCUT2D eigenvalue weighted by Gasteiger charge is 2.21. The van der Waals surface area contributed by atoms with Gasteiger partial charge in [0.05, 0.1) is 5.69 Å². The van der Waals surface area contributed by atoms with Crippen molar-refractivity contribution >= 4 is 41.6 Å². The molecule has 1 rings (SSSR count). The van der Waals surface area contributed by atoms with E-state index < -0.39 is 5.41 Å². The van der Waals surface area contributed by atoms with Crippen molar-refractivity contribution in [2.75, 3.05) is 5.32 Å². The van der Waals surface area contributed by atoms with Crippen LogP contribution in [0.15, 0.2) is 29.2 Å². The molecule has 0 aromatic heterocycles. The highest BCUT2D eigenvalue weighted by atomic mass is 32.1. The Morgan fingerprint density at radius 2 is 1.88 bits per heavy atom. The van der Waals surface area contributed by atoms with Crippen LogP contribution in [0.4, 0.5) is 5.69 Å². The van der Waals surface area contributed by atoms with Crippen LogP contribution in [0.25, 0.3) is 0 Å². The standard InChI is InChI=1S/C12H16N2OS2/c1-12(2,3)10(15)14-11(17)13-8-6-4-5-7-9(8)16/h4-7,16H,1-3H3,(H2,13,14,15,17). The van der Waals surface area contributed by atoms with Crippen molar-refractivity contribution in [3.05, 3.63) is 24.3 Å². The van der Waals surface area contributed by atoms with E-state index in [4.69, 9.17) is 12.2 Å². The van der Waals surface area contributed by atoms with Crippen LogP contribution in [0, 0.1) is 5.41 Å². The van der Waals surface area contributed by atoms with Crippen LogP contribution >= 0.6 is 24.8 Å². The first-order valence-corrected chi connectivity index (χ1v) is 6.06. The smallest absolute Gasteiger partial charge is 0.231 e. The maximum atomic E-state index is 11.7. The number of anilines is 1. The average molecular weight is 268 g/mol. The van der Waals surface area contributed by atoms with Crippen LogP contribution in [0.5, 0.6) is 0 Å². The number of thiocarbonyl (C=S) groups is 1. The summed E-state index contributed by atoms with van der Waals surface area (Å²) in [6.45, 7) is 5.49. The van der Waals surface area contributed by atoms with Gasteiger partial charge < -0.3 is 10.6 Å². The molecule has 1 amide bonds. The first-order chi connectivity index (χ1) is 7.80. The zero-order valence-corrected chi connectivity index (χ0v) is 11.8. The van der Waals surface area contributed by atoms with Crippen LogP contribution in [0.2, 0.25) is 0 Å². The summed E-state index contributed by atoms with van der Waals surface area (Å²) in [7, 11) is 0. The second kappa shape index (κ2) is 5.51. The molecule has 0 saturated heterocycles. The minimum atomic E-state index is -0.466. The molecule has 0 fully saturated rings. The molecule has 0 aliphatic heterocycles. The van der Waals surface area contributed by atoms with Crippen molar-refractivity contribution in [1.82, 2.24) is 5.32 Å². The van der Waals surface area contributed by atoms with Gasteiger partial charge in [0.15, 0.2) is 5.11 Å². The predicted octanol–water partition coefficient (Wildman–Crippen LogP) is 2.83. The van der Waals surface area contributed by atoms with Gasteiger partial charge in [0.2, 0.25) is 5.91 Å². The van der Waals surface area contributed by atoms with Gasteiger partial charge in [0.25, 0.3) is 0 Å². The fourth-order valence-electron chi connectivity index (χ4n) is 1.02. The van der Waals surface area contributed by atoms with Gasteiger partial charge in [-0.3, -0.25) is 4.79 Å². The number of hydrogen-bond acceptors (Lipinski definition) is 3. The molecule has 0 atom stereocenters. The highest BCUT2D eigenvalue weighted by molar-refractivity contribution is 7.81. The Bertz CT molecular complexity index is 438. The second-order valence-corrected chi connectivity index (χ2v) is 5.57. The SMILES string of the molecule is CC(C)(C)C(=O)NC(=S)Nc1ccccc1S. The maximum absolute atomic E-state index is 11.7. The first kappa shape index (κ1) is 14.0. The number of rotatable bonds is 1. The Labute approximate surface area is 112 Å². The predicted molar refractivity (Wildman–Crippen MR) is 77.5 cm³/mol. The number of carbonyl (C=O) groups is 1. The van der Waals surface area contributed by atoms with Crippen molar-refractivity contribution in [2.45, 2.75) is 25.7 Å². The summed E-state index contributed by atoms with van der Waals surface area (Å²) >= 11 is 9.35. The Hall–Kier alpha value is -1.07. The molecule has 0 aliphatic rings. The Balaban J connectivity index is 2.63. The molecule has 1 aromatic rings. The van der Waals surface area contributed by atoms with Gasteiger partial charge in [-0.15, -0.1) is 12.6 Å². The third-order valence-electron chi connectivity index (χ3n) is 2.06. The Morgan fingerprint density at radius 3 is 2.41 bits per heavy atom. The van der Waals surface area contributed by atoms with Gasteiger partial charge in [-0.1, -0.05) is 32.9 Å². The average Bonchev–Trinajstić information content (AvgIpc) is 2.20. The van der Waals surface area contributed by atoms with E-state index in [9.17, 15) is 4.79 Å². The third-order valence-corrected chi connectivity index (χ3v) is 2.65. The summed E-state index contributed by atoms with van der Waals surface area (Å²) in [6, 6.07) is 7.44. The van der Waals surface area contributed by atoms with E-state index in [-0.39, 0.29) is 11.0 Å². The molecule has 0 unspecified atom stereocenters. The summed E-state index contributed by atoms with van der Waals surface area (Å²) in [4.78, 5) is 12.5. The number of nitrogens with one attached hydrogen (secondary N) is 2. The van der Waals surface area contributed by atoms with E-state index in [2.05, 4.69) is 23.3 Å². The van der Waals surface area contributed by atoms with Crippen molar-refractivity contribution in [1.29, 1.82) is 0 Å².